The standard InChI is InChI=1S/C25H22F7NO/c1-14(17-10-18(24(27,28)29)12-19(11-17)25(30,31)32)34-22-7-4-15-8-9-33-13-21(15)23(22)16-2-5-20(26)6-3-16/h2-3,5-6,10-12,14-15,21-23,33H,4,7,13H2,1H3/t14-,15-,21+,22-,23-/m0/s1. The lowest BCUT2D eigenvalue weighted by molar-refractivity contribution is -0.143. The fraction of sp³-hybridized carbons (Fsp3) is 0.440. The molecule has 0 amide bonds. The predicted molar refractivity (Wildman–Crippen MR) is 111 cm³/mol. The summed E-state index contributed by atoms with van der Waals surface area (Å²) in [7, 11) is 0. The van der Waals surface area contributed by atoms with Crippen LogP contribution in [0.4, 0.5) is 30.7 Å². The van der Waals surface area contributed by atoms with Gasteiger partial charge in [-0.2, -0.15) is 26.3 Å². The molecule has 1 heterocycles. The third kappa shape index (κ3) is 5.17. The zero-order valence-corrected chi connectivity index (χ0v) is 18.1. The van der Waals surface area contributed by atoms with Crippen LogP contribution in [-0.2, 0) is 17.1 Å². The number of alkyl halides is 6. The minimum Gasteiger partial charge on any atom is -0.370 e. The Morgan fingerprint density at radius 3 is 2.15 bits per heavy atom. The lowest BCUT2D eigenvalue weighted by Crippen LogP contribution is -2.43. The smallest absolute Gasteiger partial charge is 0.370 e. The van der Waals surface area contributed by atoms with Gasteiger partial charge in [0.05, 0.1) is 23.3 Å². The molecule has 1 aliphatic carbocycles. The highest BCUT2D eigenvalue weighted by atomic mass is 19.4. The molecule has 2 aromatic rings. The minimum absolute atomic E-state index is 0.00454. The second-order valence-corrected chi connectivity index (χ2v) is 8.73. The number of nitrogens with one attached hydrogen (secondary N) is 1. The van der Waals surface area contributed by atoms with E-state index in [4.69, 9.17) is 4.74 Å². The molecule has 2 nitrogen and oxygen atoms in total. The van der Waals surface area contributed by atoms with Crippen LogP contribution in [0.1, 0.15) is 54.0 Å². The minimum atomic E-state index is -4.93. The number of rotatable bonds is 4. The van der Waals surface area contributed by atoms with Crippen LogP contribution in [0.15, 0.2) is 42.5 Å². The van der Waals surface area contributed by atoms with Crippen LogP contribution >= 0.6 is 0 Å². The molecular weight excluding hydrogens is 463 g/mol. The molecule has 0 saturated heterocycles. The van der Waals surface area contributed by atoms with Gasteiger partial charge in [0.1, 0.15) is 5.82 Å². The monoisotopic (exact) mass is 485 g/mol. The molecule has 2 aliphatic rings. The Labute approximate surface area is 192 Å². The first-order chi connectivity index (χ1) is 15.9. The van der Waals surface area contributed by atoms with Gasteiger partial charge in [0.2, 0.25) is 0 Å². The van der Waals surface area contributed by atoms with Gasteiger partial charge in [-0.05, 0) is 67.1 Å². The summed E-state index contributed by atoms with van der Waals surface area (Å²) in [6.45, 7) is 2.00. The van der Waals surface area contributed by atoms with Crippen molar-refractivity contribution in [2.75, 3.05) is 6.54 Å². The lowest BCUT2D eigenvalue weighted by atomic mass is 9.67. The largest absolute Gasteiger partial charge is 0.416 e. The average molecular weight is 485 g/mol. The highest BCUT2D eigenvalue weighted by Gasteiger charge is 2.42. The summed E-state index contributed by atoms with van der Waals surface area (Å²) >= 11 is 0. The Hall–Kier alpha value is -2.73. The second kappa shape index (κ2) is 9.14. The molecule has 1 fully saturated rings. The van der Waals surface area contributed by atoms with Crippen LogP contribution in [0.5, 0.6) is 0 Å². The van der Waals surface area contributed by atoms with Crippen molar-refractivity contribution < 1.29 is 35.5 Å². The molecule has 34 heavy (non-hydrogen) atoms. The van der Waals surface area contributed by atoms with E-state index in [0.717, 1.165) is 5.56 Å². The van der Waals surface area contributed by atoms with Crippen molar-refractivity contribution in [3.8, 4) is 12.0 Å². The van der Waals surface area contributed by atoms with E-state index in [-0.39, 0.29) is 29.4 Å². The summed E-state index contributed by atoms with van der Waals surface area (Å²) in [5.41, 5.74) is -2.17. The molecule has 5 atom stereocenters. The van der Waals surface area contributed by atoms with E-state index >= 15 is 0 Å². The van der Waals surface area contributed by atoms with Crippen LogP contribution in [0.3, 0.4) is 0 Å². The van der Waals surface area contributed by atoms with Crippen molar-refractivity contribution in [1.82, 2.24) is 5.32 Å². The summed E-state index contributed by atoms with van der Waals surface area (Å²) in [6.07, 6.45) is -10.2. The number of hydrogen-bond donors (Lipinski definition) is 1. The van der Waals surface area contributed by atoms with Crippen LogP contribution in [0, 0.1) is 29.6 Å². The number of halogens is 7. The summed E-state index contributed by atoms with van der Waals surface area (Å²) in [5.74, 6) is 2.55. The second-order valence-electron chi connectivity index (χ2n) is 8.73. The first kappa shape index (κ1) is 24.4. The average Bonchev–Trinajstić information content (AvgIpc) is 2.78. The molecule has 1 saturated carbocycles. The van der Waals surface area contributed by atoms with Gasteiger partial charge in [-0.25, -0.2) is 4.39 Å². The topological polar surface area (TPSA) is 21.3 Å². The first-order valence-corrected chi connectivity index (χ1v) is 10.9. The molecule has 0 radical (unpaired) electrons. The highest BCUT2D eigenvalue weighted by Crippen LogP contribution is 2.45. The van der Waals surface area contributed by atoms with Gasteiger partial charge in [0, 0.05) is 24.4 Å². The van der Waals surface area contributed by atoms with Crippen LogP contribution < -0.4 is 5.32 Å². The Bertz CT molecular complexity index is 1050. The van der Waals surface area contributed by atoms with E-state index < -0.39 is 41.5 Å². The van der Waals surface area contributed by atoms with E-state index in [9.17, 15) is 30.7 Å². The fourth-order valence-electron chi connectivity index (χ4n) is 4.88. The maximum absolute atomic E-state index is 13.5. The van der Waals surface area contributed by atoms with Gasteiger partial charge in [0.25, 0.3) is 0 Å². The summed E-state index contributed by atoms with van der Waals surface area (Å²) in [6, 6.07) is 10.3. The number of fused-ring (bicyclic) bond motifs is 1. The van der Waals surface area contributed by atoms with Crippen molar-refractivity contribution in [3.63, 3.8) is 0 Å². The summed E-state index contributed by atoms with van der Waals surface area (Å²) < 4.78 is 99.5. The van der Waals surface area contributed by atoms with Gasteiger partial charge in [0.15, 0.2) is 0 Å². The van der Waals surface area contributed by atoms with E-state index in [1.165, 1.54) is 19.1 Å². The molecule has 0 bridgehead atoms. The van der Waals surface area contributed by atoms with Gasteiger partial charge < -0.3 is 10.1 Å². The lowest BCUT2D eigenvalue weighted by Gasteiger charge is -2.43. The molecule has 0 spiro atoms. The summed E-state index contributed by atoms with van der Waals surface area (Å²) in [5, 5.41) is 3.01. The van der Waals surface area contributed by atoms with Crippen LogP contribution in [0.25, 0.3) is 0 Å². The molecule has 2 aromatic carbocycles. The van der Waals surface area contributed by atoms with Crippen LogP contribution in [0.2, 0.25) is 0 Å². The van der Waals surface area contributed by atoms with Gasteiger partial charge in [-0.1, -0.05) is 18.1 Å². The van der Waals surface area contributed by atoms with Crippen molar-refractivity contribution in [2.24, 2.45) is 11.8 Å². The van der Waals surface area contributed by atoms with E-state index in [1.807, 2.05) is 0 Å². The summed E-state index contributed by atoms with van der Waals surface area (Å²) in [4.78, 5) is 0. The molecule has 0 unspecified atom stereocenters. The molecule has 1 aliphatic heterocycles. The number of ether oxygens (including phenoxy) is 1. The maximum Gasteiger partial charge on any atom is 0.416 e. The van der Waals surface area contributed by atoms with Crippen molar-refractivity contribution in [2.45, 2.75) is 50.2 Å². The number of benzene rings is 2. The van der Waals surface area contributed by atoms with E-state index in [2.05, 4.69) is 17.3 Å². The number of hydrogen-bond acceptors (Lipinski definition) is 2. The van der Waals surface area contributed by atoms with Crippen LogP contribution in [-0.4, -0.2) is 12.6 Å². The Balaban J connectivity index is 1.66. The predicted octanol–water partition coefficient (Wildman–Crippen LogP) is 6.68. The normalized spacial score (nSPS) is 25.5. The molecule has 4 rings (SSSR count). The third-order valence-electron chi connectivity index (χ3n) is 6.54. The zero-order chi connectivity index (χ0) is 24.7. The van der Waals surface area contributed by atoms with Crippen molar-refractivity contribution >= 4 is 0 Å². The van der Waals surface area contributed by atoms with E-state index in [0.29, 0.717) is 31.5 Å². The SMILES string of the molecule is C[C@H](O[C@H]1CC[C@H]2C#CNC[C@H]2[C@@H]1c1ccc(F)cc1)c1cc(C(F)(F)F)cc(C(F)(F)F)c1. The quantitative estimate of drug-likeness (QED) is 0.385. The van der Waals surface area contributed by atoms with Gasteiger partial charge >= 0.3 is 12.4 Å². The van der Waals surface area contributed by atoms with Gasteiger partial charge in [-0.3, -0.25) is 0 Å². The Morgan fingerprint density at radius 2 is 1.56 bits per heavy atom. The zero-order valence-electron chi connectivity index (χ0n) is 18.1. The molecule has 0 aromatic heterocycles. The van der Waals surface area contributed by atoms with E-state index in [1.54, 1.807) is 12.1 Å². The molecule has 1 N–H and O–H groups in total. The molecule has 9 heteroatoms. The highest BCUT2D eigenvalue weighted by molar-refractivity contribution is 5.35. The first-order valence-electron chi connectivity index (χ1n) is 10.9. The van der Waals surface area contributed by atoms with Crippen molar-refractivity contribution in [3.05, 3.63) is 70.5 Å². The Kier molecular flexibility index (Phi) is 6.56. The van der Waals surface area contributed by atoms with Crippen molar-refractivity contribution in [1.29, 1.82) is 0 Å². The third-order valence-corrected chi connectivity index (χ3v) is 6.54. The Morgan fingerprint density at radius 1 is 0.941 bits per heavy atom. The fourth-order valence-corrected chi connectivity index (χ4v) is 4.88. The molecule has 182 valence electrons. The van der Waals surface area contributed by atoms with Gasteiger partial charge in [-0.15, -0.1) is 0 Å². The molecular formula is C25H22F7NO. The maximum atomic E-state index is 13.5.